The van der Waals surface area contributed by atoms with E-state index in [0.717, 1.165) is 12.0 Å². The number of nitro benzene ring substituents is 1. The summed E-state index contributed by atoms with van der Waals surface area (Å²) >= 11 is 1.17. The zero-order valence-electron chi connectivity index (χ0n) is 11.4. The molecule has 0 aliphatic heterocycles. The molecule has 0 bridgehead atoms. The van der Waals surface area contributed by atoms with Crippen LogP contribution in [0.5, 0.6) is 0 Å². The number of aryl methyl sites for hydroxylation is 1. The van der Waals surface area contributed by atoms with Crippen molar-refractivity contribution in [2.75, 3.05) is 0 Å². The lowest BCUT2D eigenvalue weighted by Crippen LogP contribution is -1.98. The summed E-state index contributed by atoms with van der Waals surface area (Å²) in [5.74, 6) is -0.953. The number of hydrogen-bond acceptors (Lipinski definition) is 5. The lowest BCUT2D eigenvalue weighted by Gasteiger charge is -1.97. The van der Waals surface area contributed by atoms with Crippen LogP contribution in [0.25, 0.3) is 0 Å². The highest BCUT2D eigenvalue weighted by atomic mass is 32.1. The summed E-state index contributed by atoms with van der Waals surface area (Å²) in [6.07, 6.45) is 1.95. The maximum Gasteiger partial charge on any atom is 0.347 e. The zero-order chi connectivity index (χ0) is 15.4. The predicted molar refractivity (Wildman–Crippen MR) is 79.0 cm³/mol. The van der Waals surface area contributed by atoms with Gasteiger partial charge in [-0.15, -0.1) is 11.3 Å². The maximum atomic E-state index is 11.2. The van der Waals surface area contributed by atoms with Gasteiger partial charge in [-0.05, 0) is 12.0 Å². The van der Waals surface area contributed by atoms with Crippen molar-refractivity contribution in [1.29, 1.82) is 0 Å². The van der Waals surface area contributed by atoms with Gasteiger partial charge in [0.15, 0.2) is 0 Å². The Kier molecular flexibility index (Phi) is 4.64. The Morgan fingerprint density at radius 1 is 1.38 bits per heavy atom. The standard InChI is InChI=1S/C14H14N2O4S/c1-2-3-11-13(14(17)18)21-12(15-11)8-9-4-6-10(7-5-9)16(19)20/h4-7H,2-3,8H2,1H3,(H,17,18). The molecule has 0 radical (unpaired) electrons. The second-order valence-electron chi connectivity index (χ2n) is 4.54. The Balaban J connectivity index is 2.21. The van der Waals surface area contributed by atoms with Crippen LogP contribution in [0, 0.1) is 10.1 Å². The highest BCUT2D eigenvalue weighted by Crippen LogP contribution is 2.23. The van der Waals surface area contributed by atoms with Gasteiger partial charge in [0.2, 0.25) is 0 Å². The third kappa shape index (κ3) is 3.63. The summed E-state index contributed by atoms with van der Waals surface area (Å²) in [5, 5.41) is 20.5. The van der Waals surface area contributed by atoms with Crippen molar-refractivity contribution in [2.45, 2.75) is 26.2 Å². The molecular formula is C14H14N2O4S. The van der Waals surface area contributed by atoms with E-state index >= 15 is 0 Å². The first-order valence-corrected chi connectivity index (χ1v) is 7.28. The van der Waals surface area contributed by atoms with Crippen LogP contribution in [0.2, 0.25) is 0 Å². The van der Waals surface area contributed by atoms with Gasteiger partial charge in [0.05, 0.1) is 15.6 Å². The van der Waals surface area contributed by atoms with Crippen LogP contribution in [-0.4, -0.2) is 21.0 Å². The number of carbonyl (C=O) groups is 1. The minimum Gasteiger partial charge on any atom is -0.477 e. The Morgan fingerprint density at radius 2 is 2.05 bits per heavy atom. The predicted octanol–water partition coefficient (Wildman–Crippen LogP) is 3.29. The number of nitro groups is 1. The summed E-state index contributed by atoms with van der Waals surface area (Å²) in [4.78, 5) is 26.0. The molecule has 0 spiro atoms. The van der Waals surface area contributed by atoms with Gasteiger partial charge in [-0.25, -0.2) is 9.78 Å². The van der Waals surface area contributed by atoms with Gasteiger partial charge in [0, 0.05) is 18.6 Å². The van der Waals surface area contributed by atoms with Crippen molar-refractivity contribution in [3.05, 3.63) is 55.5 Å². The zero-order valence-corrected chi connectivity index (χ0v) is 12.2. The number of benzene rings is 1. The number of hydrogen-bond donors (Lipinski definition) is 1. The van der Waals surface area contributed by atoms with Gasteiger partial charge in [-0.3, -0.25) is 10.1 Å². The lowest BCUT2D eigenvalue weighted by atomic mass is 10.1. The van der Waals surface area contributed by atoms with E-state index < -0.39 is 10.9 Å². The summed E-state index contributed by atoms with van der Waals surface area (Å²) in [5.41, 5.74) is 1.53. The molecule has 1 N–H and O–H groups in total. The molecule has 21 heavy (non-hydrogen) atoms. The van der Waals surface area contributed by atoms with E-state index in [4.69, 9.17) is 5.11 Å². The van der Waals surface area contributed by atoms with Crippen molar-refractivity contribution < 1.29 is 14.8 Å². The fraction of sp³-hybridized carbons (Fsp3) is 0.286. The molecule has 0 amide bonds. The third-order valence-corrected chi connectivity index (χ3v) is 4.01. The Bertz CT molecular complexity index is 664. The molecule has 1 heterocycles. The lowest BCUT2D eigenvalue weighted by molar-refractivity contribution is -0.384. The number of thiazole rings is 1. The summed E-state index contributed by atoms with van der Waals surface area (Å²) in [7, 11) is 0. The molecule has 0 saturated carbocycles. The van der Waals surface area contributed by atoms with Crippen LogP contribution in [-0.2, 0) is 12.8 Å². The first-order chi connectivity index (χ1) is 10.0. The minimum absolute atomic E-state index is 0.0378. The van der Waals surface area contributed by atoms with Crippen LogP contribution in [0.4, 0.5) is 5.69 Å². The number of carboxylic acid groups (broad SMARTS) is 1. The number of non-ortho nitro benzene ring substituents is 1. The van der Waals surface area contributed by atoms with Gasteiger partial charge in [0.25, 0.3) is 5.69 Å². The van der Waals surface area contributed by atoms with Gasteiger partial charge < -0.3 is 5.11 Å². The molecule has 1 aromatic heterocycles. The topological polar surface area (TPSA) is 93.3 Å². The maximum absolute atomic E-state index is 11.2. The van der Waals surface area contributed by atoms with E-state index in [2.05, 4.69) is 4.98 Å². The minimum atomic E-state index is -0.953. The molecule has 0 fully saturated rings. The monoisotopic (exact) mass is 306 g/mol. The number of aromatic nitrogens is 1. The van der Waals surface area contributed by atoms with Gasteiger partial charge >= 0.3 is 5.97 Å². The Labute approximate surface area is 125 Å². The van der Waals surface area contributed by atoms with Crippen molar-refractivity contribution in [1.82, 2.24) is 4.98 Å². The number of rotatable bonds is 6. The third-order valence-electron chi connectivity index (χ3n) is 2.93. The molecule has 110 valence electrons. The molecule has 1 aromatic carbocycles. The normalized spacial score (nSPS) is 10.5. The van der Waals surface area contributed by atoms with E-state index in [1.165, 1.54) is 23.5 Å². The highest BCUT2D eigenvalue weighted by Gasteiger charge is 2.17. The SMILES string of the molecule is CCCc1nc(Cc2ccc([N+](=O)[O-])cc2)sc1C(=O)O. The fourth-order valence-electron chi connectivity index (χ4n) is 1.96. The summed E-state index contributed by atoms with van der Waals surface area (Å²) < 4.78 is 0. The molecule has 0 atom stereocenters. The first-order valence-electron chi connectivity index (χ1n) is 6.46. The Morgan fingerprint density at radius 3 is 2.57 bits per heavy atom. The van der Waals surface area contributed by atoms with Crippen LogP contribution in [0.3, 0.4) is 0 Å². The quantitative estimate of drug-likeness (QED) is 0.653. The van der Waals surface area contributed by atoms with Crippen LogP contribution in [0.15, 0.2) is 24.3 Å². The summed E-state index contributed by atoms with van der Waals surface area (Å²) in [6.45, 7) is 1.97. The molecule has 0 unspecified atom stereocenters. The second kappa shape index (κ2) is 6.45. The van der Waals surface area contributed by atoms with Crippen LogP contribution >= 0.6 is 11.3 Å². The molecule has 7 heteroatoms. The molecule has 0 aliphatic rings. The fourth-order valence-corrected chi connectivity index (χ4v) is 2.94. The van der Waals surface area contributed by atoms with Crippen molar-refractivity contribution in [3.63, 3.8) is 0 Å². The number of carboxylic acids is 1. The molecule has 0 aliphatic carbocycles. The van der Waals surface area contributed by atoms with Gasteiger partial charge in [-0.1, -0.05) is 25.5 Å². The van der Waals surface area contributed by atoms with Gasteiger partial charge in [-0.2, -0.15) is 0 Å². The number of nitrogens with zero attached hydrogens (tertiary/aromatic N) is 2. The highest BCUT2D eigenvalue weighted by molar-refractivity contribution is 7.13. The number of aromatic carboxylic acids is 1. The van der Waals surface area contributed by atoms with E-state index in [0.29, 0.717) is 23.5 Å². The average molecular weight is 306 g/mol. The molecule has 2 aromatic rings. The first kappa shape index (κ1) is 15.1. The molecule has 2 rings (SSSR count). The van der Waals surface area contributed by atoms with E-state index in [1.807, 2.05) is 6.92 Å². The van der Waals surface area contributed by atoms with Crippen LogP contribution < -0.4 is 0 Å². The van der Waals surface area contributed by atoms with E-state index in [-0.39, 0.29) is 10.6 Å². The molecule has 6 nitrogen and oxygen atoms in total. The van der Waals surface area contributed by atoms with E-state index in [9.17, 15) is 14.9 Å². The molecular weight excluding hydrogens is 292 g/mol. The van der Waals surface area contributed by atoms with E-state index in [1.54, 1.807) is 12.1 Å². The van der Waals surface area contributed by atoms with Crippen molar-refractivity contribution >= 4 is 23.0 Å². The van der Waals surface area contributed by atoms with Gasteiger partial charge in [0.1, 0.15) is 4.88 Å². The Hall–Kier alpha value is -2.28. The largest absolute Gasteiger partial charge is 0.477 e. The van der Waals surface area contributed by atoms with Crippen LogP contribution in [0.1, 0.15) is 39.3 Å². The average Bonchev–Trinajstić information content (AvgIpc) is 2.83. The summed E-state index contributed by atoms with van der Waals surface area (Å²) in [6, 6.07) is 6.21. The second-order valence-corrected chi connectivity index (χ2v) is 5.62. The molecule has 0 saturated heterocycles. The van der Waals surface area contributed by atoms with Crippen molar-refractivity contribution in [3.8, 4) is 0 Å². The van der Waals surface area contributed by atoms with Crippen molar-refractivity contribution in [2.24, 2.45) is 0 Å². The smallest absolute Gasteiger partial charge is 0.347 e.